The molecule has 21 heavy (non-hydrogen) atoms. The minimum Gasteiger partial charge on any atom is -0.313 e. The maximum absolute atomic E-state index is 13.7. The van der Waals surface area contributed by atoms with Gasteiger partial charge in [-0.05, 0) is 30.7 Å². The van der Waals surface area contributed by atoms with E-state index in [1.807, 2.05) is 20.8 Å². The molecule has 1 N–H and O–H groups in total. The Labute approximate surface area is 127 Å². The lowest BCUT2D eigenvalue weighted by atomic mass is 10.1. The minimum atomic E-state index is -3.57. The predicted molar refractivity (Wildman–Crippen MR) is 83.1 cm³/mol. The van der Waals surface area contributed by atoms with Gasteiger partial charge in [0.25, 0.3) is 0 Å². The Hall–Kier alpha value is -0.980. The molecule has 4 nitrogen and oxygen atoms in total. The minimum absolute atomic E-state index is 0.141. The maximum atomic E-state index is 13.7. The monoisotopic (exact) mass is 316 g/mol. The van der Waals surface area contributed by atoms with Gasteiger partial charge in [0.15, 0.2) is 0 Å². The van der Waals surface area contributed by atoms with Crippen molar-refractivity contribution in [1.82, 2.24) is 9.62 Å². The van der Waals surface area contributed by atoms with Gasteiger partial charge in [-0.2, -0.15) is 0 Å². The zero-order valence-corrected chi connectivity index (χ0v) is 14.0. The molecular formula is C15H25FN2O2S. The van der Waals surface area contributed by atoms with E-state index in [2.05, 4.69) is 5.32 Å². The van der Waals surface area contributed by atoms with Crippen molar-refractivity contribution in [3.05, 3.63) is 29.6 Å². The van der Waals surface area contributed by atoms with Crippen LogP contribution in [0.25, 0.3) is 0 Å². The fourth-order valence-corrected chi connectivity index (χ4v) is 3.29. The molecular weight excluding hydrogens is 291 g/mol. The molecule has 1 atom stereocenters. The van der Waals surface area contributed by atoms with Crippen molar-refractivity contribution in [2.75, 3.05) is 20.1 Å². The van der Waals surface area contributed by atoms with Gasteiger partial charge < -0.3 is 5.32 Å². The van der Waals surface area contributed by atoms with Crippen LogP contribution < -0.4 is 5.32 Å². The molecule has 1 aromatic rings. The first-order valence-electron chi connectivity index (χ1n) is 7.28. The lowest BCUT2D eigenvalue weighted by molar-refractivity contribution is 0.393. The molecule has 0 bridgehead atoms. The number of sulfonamides is 1. The Morgan fingerprint density at radius 1 is 1.33 bits per heavy atom. The molecule has 0 aromatic heterocycles. The van der Waals surface area contributed by atoms with E-state index in [1.165, 1.54) is 22.5 Å². The molecule has 0 saturated heterocycles. The van der Waals surface area contributed by atoms with Crippen molar-refractivity contribution in [1.29, 1.82) is 0 Å². The molecule has 1 aromatic carbocycles. The number of benzene rings is 1. The zero-order chi connectivity index (χ0) is 16.0. The summed E-state index contributed by atoms with van der Waals surface area (Å²) in [6, 6.07) is 3.96. The molecule has 0 radical (unpaired) electrons. The van der Waals surface area contributed by atoms with Gasteiger partial charge in [-0.15, -0.1) is 0 Å². The Morgan fingerprint density at radius 3 is 2.57 bits per heavy atom. The van der Waals surface area contributed by atoms with Gasteiger partial charge in [0.1, 0.15) is 5.82 Å². The second kappa shape index (κ2) is 7.87. The summed E-state index contributed by atoms with van der Waals surface area (Å²) in [5.41, 5.74) is 0.370. The van der Waals surface area contributed by atoms with E-state index in [1.54, 1.807) is 7.05 Å². The number of nitrogens with zero attached hydrogens (tertiary/aromatic N) is 1. The average Bonchev–Trinajstić information content (AvgIpc) is 2.45. The fourth-order valence-electron chi connectivity index (χ4n) is 1.95. The second-order valence-corrected chi connectivity index (χ2v) is 7.38. The summed E-state index contributed by atoms with van der Waals surface area (Å²) < 4.78 is 40.0. The van der Waals surface area contributed by atoms with Crippen molar-refractivity contribution in [3.63, 3.8) is 0 Å². The van der Waals surface area contributed by atoms with E-state index in [4.69, 9.17) is 0 Å². The summed E-state index contributed by atoms with van der Waals surface area (Å²) >= 11 is 0. The summed E-state index contributed by atoms with van der Waals surface area (Å²) in [7, 11) is -2.01. The van der Waals surface area contributed by atoms with Crippen molar-refractivity contribution < 1.29 is 12.8 Å². The van der Waals surface area contributed by atoms with E-state index >= 15 is 0 Å². The highest BCUT2D eigenvalue weighted by Gasteiger charge is 2.23. The third kappa shape index (κ3) is 4.76. The first kappa shape index (κ1) is 18.1. The highest BCUT2D eigenvalue weighted by atomic mass is 32.2. The van der Waals surface area contributed by atoms with Crippen LogP contribution in [0.3, 0.4) is 0 Å². The predicted octanol–water partition coefficient (Wildman–Crippen LogP) is 2.60. The molecule has 0 aliphatic rings. The smallest absolute Gasteiger partial charge is 0.242 e. The Morgan fingerprint density at radius 2 is 2.00 bits per heavy atom. The molecule has 0 fully saturated rings. The van der Waals surface area contributed by atoms with Crippen LogP contribution in [0.15, 0.2) is 23.1 Å². The molecule has 6 heteroatoms. The van der Waals surface area contributed by atoms with Crippen LogP contribution in [0.1, 0.15) is 32.8 Å². The lowest BCUT2D eigenvalue weighted by Crippen LogP contribution is -2.31. The summed E-state index contributed by atoms with van der Waals surface area (Å²) in [5.74, 6) is -0.106. The van der Waals surface area contributed by atoms with Crippen molar-refractivity contribution in [2.24, 2.45) is 5.92 Å². The first-order valence-corrected chi connectivity index (χ1v) is 8.72. The summed E-state index contributed by atoms with van der Waals surface area (Å²) in [6.07, 6.45) is 0.912. The SMILES string of the molecule is CCNCc1cc(S(=O)(=O)N(C)CC(C)CC)ccc1F. The van der Waals surface area contributed by atoms with E-state index in [-0.39, 0.29) is 16.6 Å². The van der Waals surface area contributed by atoms with Crippen LogP contribution in [0.2, 0.25) is 0 Å². The van der Waals surface area contributed by atoms with Gasteiger partial charge >= 0.3 is 0 Å². The molecule has 0 aliphatic heterocycles. The molecule has 1 unspecified atom stereocenters. The molecule has 0 amide bonds. The number of halogens is 1. The third-order valence-electron chi connectivity index (χ3n) is 3.56. The van der Waals surface area contributed by atoms with Gasteiger partial charge in [-0.3, -0.25) is 0 Å². The topological polar surface area (TPSA) is 49.4 Å². The summed E-state index contributed by atoms with van der Waals surface area (Å²) in [6.45, 7) is 7.42. The zero-order valence-electron chi connectivity index (χ0n) is 13.2. The number of hydrogen-bond donors (Lipinski definition) is 1. The maximum Gasteiger partial charge on any atom is 0.242 e. The highest BCUT2D eigenvalue weighted by Crippen LogP contribution is 2.19. The van der Waals surface area contributed by atoms with E-state index in [9.17, 15) is 12.8 Å². The standard InChI is InChI=1S/C15H25FN2O2S/c1-5-12(3)11-18(4)21(19,20)14-7-8-15(16)13(9-14)10-17-6-2/h7-9,12,17H,5-6,10-11H2,1-4H3. The van der Waals surface area contributed by atoms with E-state index in [0.29, 0.717) is 25.2 Å². The van der Waals surface area contributed by atoms with Crippen molar-refractivity contribution in [2.45, 2.75) is 38.6 Å². The number of hydrogen-bond acceptors (Lipinski definition) is 3. The van der Waals surface area contributed by atoms with Gasteiger partial charge in [-0.1, -0.05) is 27.2 Å². The van der Waals surface area contributed by atoms with Crippen LogP contribution in [0, 0.1) is 11.7 Å². The van der Waals surface area contributed by atoms with Gasteiger partial charge in [-0.25, -0.2) is 17.1 Å². The number of rotatable bonds is 8. The van der Waals surface area contributed by atoms with Gasteiger partial charge in [0.05, 0.1) is 4.90 Å². The molecule has 0 heterocycles. The molecule has 0 saturated carbocycles. The van der Waals surface area contributed by atoms with Gasteiger partial charge in [0.2, 0.25) is 10.0 Å². The van der Waals surface area contributed by atoms with Crippen molar-refractivity contribution >= 4 is 10.0 Å². The number of nitrogens with one attached hydrogen (secondary N) is 1. The van der Waals surface area contributed by atoms with E-state index < -0.39 is 10.0 Å². The molecule has 0 spiro atoms. The van der Waals surface area contributed by atoms with E-state index in [0.717, 1.165) is 6.42 Å². The average molecular weight is 316 g/mol. The van der Waals surface area contributed by atoms with Crippen LogP contribution in [-0.2, 0) is 16.6 Å². The van der Waals surface area contributed by atoms with Gasteiger partial charge in [0, 0.05) is 25.7 Å². The van der Waals surface area contributed by atoms with Crippen LogP contribution in [-0.4, -0.2) is 32.9 Å². The third-order valence-corrected chi connectivity index (χ3v) is 5.38. The summed E-state index contributed by atoms with van der Waals surface area (Å²) in [4.78, 5) is 0.141. The second-order valence-electron chi connectivity index (χ2n) is 5.33. The molecule has 1 rings (SSSR count). The normalized spacial score (nSPS) is 13.6. The Balaban J connectivity index is 3.02. The molecule has 0 aliphatic carbocycles. The van der Waals surface area contributed by atoms with Crippen LogP contribution in [0.4, 0.5) is 4.39 Å². The quantitative estimate of drug-likeness (QED) is 0.802. The largest absolute Gasteiger partial charge is 0.313 e. The lowest BCUT2D eigenvalue weighted by Gasteiger charge is -2.21. The summed E-state index contributed by atoms with van der Waals surface area (Å²) in [5, 5.41) is 3.01. The fraction of sp³-hybridized carbons (Fsp3) is 0.600. The highest BCUT2D eigenvalue weighted by molar-refractivity contribution is 7.89. The Kier molecular flexibility index (Phi) is 6.77. The molecule has 120 valence electrons. The first-order chi connectivity index (χ1) is 9.82. The van der Waals surface area contributed by atoms with Crippen molar-refractivity contribution in [3.8, 4) is 0 Å². The van der Waals surface area contributed by atoms with Crippen LogP contribution >= 0.6 is 0 Å². The van der Waals surface area contributed by atoms with Crippen LogP contribution in [0.5, 0.6) is 0 Å². The Bertz CT molecular complexity index is 561.